The van der Waals surface area contributed by atoms with Gasteiger partial charge < -0.3 is 0 Å². The minimum atomic E-state index is -0.0858. The number of rotatable bonds is 5. The van der Waals surface area contributed by atoms with Gasteiger partial charge in [-0.25, -0.2) is 0 Å². The zero-order chi connectivity index (χ0) is 15.6. The van der Waals surface area contributed by atoms with Crippen LogP contribution in [0.3, 0.4) is 0 Å². The Bertz CT molecular complexity index is 636. The molecule has 0 aliphatic heterocycles. The molecule has 2 aromatic rings. The third kappa shape index (κ3) is 3.41. The summed E-state index contributed by atoms with van der Waals surface area (Å²) in [6.45, 7) is 2.01. The van der Waals surface area contributed by atoms with Gasteiger partial charge in [0.25, 0.3) is 0 Å². The van der Waals surface area contributed by atoms with E-state index in [1.54, 1.807) is 4.68 Å². The zero-order valence-corrected chi connectivity index (χ0v) is 17.4. The Morgan fingerprint density at radius 2 is 1.86 bits per heavy atom. The normalized spacial score (nSPS) is 11.9. The number of hydrogen-bond donors (Lipinski definition) is 0. The lowest BCUT2D eigenvalue weighted by molar-refractivity contribution is 0.547. The molecule has 0 N–H and O–H groups in total. The van der Waals surface area contributed by atoms with Crippen molar-refractivity contribution in [1.82, 2.24) is 9.78 Å². The predicted octanol–water partition coefficient (Wildman–Crippen LogP) is 5.41. The molecular weight excluding hydrogens is 483 g/mol. The zero-order valence-electron chi connectivity index (χ0n) is 11.8. The Hall–Kier alpha value is 0.160. The minimum absolute atomic E-state index is 0.0858. The number of nitrogens with zero attached hydrogens (tertiary/aromatic N) is 2. The summed E-state index contributed by atoms with van der Waals surface area (Å²) in [5.74, 6) is 0. The van der Waals surface area contributed by atoms with E-state index in [1.165, 1.54) is 5.56 Å². The molecule has 2 rings (SSSR count). The number of aryl methyl sites for hydroxylation is 2. The van der Waals surface area contributed by atoms with Crippen LogP contribution in [-0.4, -0.2) is 20.4 Å². The summed E-state index contributed by atoms with van der Waals surface area (Å²) in [5, 5.41) is 6.80. The molecule has 0 aliphatic rings. The minimum Gasteiger partial charge on any atom is -0.257 e. The van der Waals surface area contributed by atoms with Crippen LogP contribution in [0.4, 0.5) is 0 Å². The number of aromatic nitrogens is 2. The van der Waals surface area contributed by atoms with Gasteiger partial charge in [-0.3, -0.25) is 4.68 Å². The average molecular weight is 499 g/mol. The second-order valence-electron chi connectivity index (χ2n) is 5.18. The fourth-order valence-electron chi connectivity index (χ4n) is 2.47. The van der Waals surface area contributed by atoms with E-state index in [2.05, 4.69) is 71.1 Å². The van der Waals surface area contributed by atoms with Crippen LogP contribution in [-0.2, 0) is 18.9 Å². The van der Waals surface area contributed by atoms with Crippen molar-refractivity contribution in [3.05, 3.63) is 50.7 Å². The van der Waals surface area contributed by atoms with Gasteiger partial charge >= 0.3 is 0 Å². The van der Waals surface area contributed by atoms with Crippen molar-refractivity contribution in [3.8, 4) is 0 Å². The molecule has 0 radical (unpaired) electrons. The summed E-state index contributed by atoms with van der Waals surface area (Å²) in [6.07, 6.45) is 0.824. The second kappa shape index (κ2) is 7.16. The lowest BCUT2D eigenvalue weighted by atomic mass is 9.79. The molecule has 0 saturated carbocycles. The molecule has 1 heterocycles. The molecule has 0 aliphatic carbocycles. The maximum atomic E-state index is 6.42. The van der Waals surface area contributed by atoms with Crippen LogP contribution in [0.2, 0.25) is 5.15 Å². The first-order chi connectivity index (χ1) is 9.95. The van der Waals surface area contributed by atoms with Gasteiger partial charge in [0.2, 0.25) is 0 Å². The highest BCUT2D eigenvalue weighted by Gasteiger charge is 2.34. The third-order valence-corrected chi connectivity index (χ3v) is 7.05. The molecule has 6 heteroatoms. The van der Waals surface area contributed by atoms with Gasteiger partial charge in [0.05, 0.1) is 5.69 Å². The Kier molecular flexibility index (Phi) is 5.97. The van der Waals surface area contributed by atoms with Crippen molar-refractivity contribution in [2.24, 2.45) is 7.05 Å². The maximum Gasteiger partial charge on any atom is 0.130 e. The largest absolute Gasteiger partial charge is 0.257 e. The molecule has 0 amide bonds. The molecule has 0 spiro atoms. The maximum absolute atomic E-state index is 6.42. The standard InChI is InChI=1S/C15H16Br3ClN2/c1-10-11(14(19)21(2)20-10)7-15(8-16,9-17)12-5-3-4-6-13(12)18/h3-6H,7-9H2,1-2H3. The SMILES string of the molecule is Cc1nn(C)c(Cl)c1CC(CBr)(CBr)c1ccccc1Br. The van der Waals surface area contributed by atoms with E-state index in [1.807, 2.05) is 20.0 Å². The highest BCUT2D eigenvalue weighted by Crippen LogP contribution is 2.38. The van der Waals surface area contributed by atoms with Crippen LogP contribution in [0, 0.1) is 6.92 Å². The van der Waals surface area contributed by atoms with E-state index in [4.69, 9.17) is 11.6 Å². The van der Waals surface area contributed by atoms with E-state index in [9.17, 15) is 0 Å². The van der Waals surface area contributed by atoms with Crippen LogP contribution in [0.1, 0.15) is 16.8 Å². The van der Waals surface area contributed by atoms with E-state index in [0.717, 1.165) is 32.8 Å². The van der Waals surface area contributed by atoms with Crippen LogP contribution >= 0.6 is 59.4 Å². The van der Waals surface area contributed by atoms with Gasteiger partial charge in [-0.15, -0.1) is 0 Å². The van der Waals surface area contributed by atoms with Crippen molar-refractivity contribution < 1.29 is 0 Å². The summed E-state index contributed by atoms with van der Waals surface area (Å²) in [5.41, 5.74) is 3.27. The second-order valence-corrected chi connectivity index (χ2v) is 7.52. The summed E-state index contributed by atoms with van der Waals surface area (Å²) in [7, 11) is 1.88. The Labute approximate surface area is 155 Å². The molecule has 0 unspecified atom stereocenters. The van der Waals surface area contributed by atoms with Crippen molar-refractivity contribution in [2.45, 2.75) is 18.8 Å². The van der Waals surface area contributed by atoms with Crippen LogP contribution in [0.15, 0.2) is 28.7 Å². The number of benzene rings is 1. The Morgan fingerprint density at radius 1 is 1.24 bits per heavy atom. The molecule has 0 saturated heterocycles. The summed E-state index contributed by atoms with van der Waals surface area (Å²) >= 11 is 17.5. The van der Waals surface area contributed by atoms with E-state index in [0.29, 0.717) is 5.15 Å². The van der Waals surface area contributed by atoms with Crippen molar-refractivity contribution >= 4 is 59.4 Å². The number of hydrogen-bond acceptors (Lipinski definition) is 1. The number of halogens is 4. The van der Waals surface area contributed by atoms with E-state index >= 15 is 0 Å². The first-order valence-corrected chi connectivity index (χ1v) is 9.91. The predicted molar refractivity (Wildman–Crippen MR) is 100 cm³/mol. The van der Waals surface area contributed by atoms with Crippen molar-refractivity contribution in [2.75, 3.05) is 10.7 Å². The average Bonchev–Trinajstić information content (AvgIpc) is 2.71. The molecule has 21 heavy (non-hydrogen) atoms. The topological polar surface area (TPSA) is 17.8 Å². The number of alkyl halides is 2. The van der Waals surface area contributed by atoms with Gasteiger partial charge in [-0.05, 0) is 25.0 Å². The van der Waals surface area contributed by atoms with Gasteiger partial charge in [-0.2, -0.15) is 5.10 Å². The monoisotopic (exact) mass is 496 g/mol. The quantitative estimate of drug-likeness (QED) is 0.503. The highest BCUT2D eigenvalue weighted by atomic mass is 79.9. The summed E-state index contributed by atoms with van der Waals surface area (Å²) in [6, 6.07) is 8.33. The first kappa shape index (κ1) is 17.5. The van der Waals surface area contributed by atoms with Gasteiger partial charge in [0.15, 0.2) is 0 Å². The molecule has 1 aromatic carbocycles. The summed E-state index contributed by atoms with van der Waals surface area (Å²) in [4.78, 5) is 0. The molecule has 0 bridgehead atoms. The van der Waals surface area contributed by atoms with Crippen molar-refractivity contribution in [1.29, 1.82) is 0 Å². The fourth-order valence-corrected chi connectivity index (χ4v) is 5.35. The van der Waals surface area contributed by atoms with Gasteiger partial charge in [-0.1, -0.05) is 77.6 Å². The van der Waals surface area contributed by atoms with Crippen LogP contribution in [0.5, 0.6) is 0 Å². The molecule has 0 fully saturated rings. The van der Waals surface area contributed by atoms with E-state index < -0.39 is 0 Å². The third-order valence-electron chi connectivity index (χ3n) is 3.74. The van der Waals surface area contributed by atoms with Gasteiger partial charge in [0, 0.05) is 33.2 Å². The summed E-state index contributed by atoms with van der Waals surface area (Å²) < 4.78 is 2.85. The molecular formula is C15H16Br3ClN2. The lowest BCUT2D eigenvalue weighted by Crippen LogP contribution is -2.33. The molecule has 114 valence electrons. The fraction of sp³-hybridized carbons (Fsp3) is 0.400. The van der Waals surface area contributed by atoms with E-state index in [-0.39, 0.29) is 5.41 Å². The first-order valence-electron chi connectivity index (χ1n) is 6.50. The van der Waals surface area contributed by atoms with Gasteiger partial charge in [0.1, 0.15) is 5.15 Å². The highest BCUT2D eigenvalue weighted by molar-refractivity contribution is 9.10. The Morgan fingerprint density at radius 3 is 2.33 bits per heavy atom. The smallest absolute Gasteiger partial charge is 0.130 e. The van der Waals surface area contributed by atoms with Crippen LogP contribution in [0.25, 0.3) is 0 Å². The molecule has 2 nitrogen and oxygen atoms in total. The molecule has 0 atom stereocenters. The lowest BCUT2D eigenvalue weighted by Gasteiger charge is -2.32. The Balaban J connectivity index is 2.51. The van der Waals surface area contributed by atoms with Crippen LogP contribution < -0.4 is 0 Å². The molecule has 1 aromatic heterocycles. The van der Waals surface area contributed by atoms with Crippen molar-refractivity contribution in [3.63, 3.8) is 0 Å².